The van der Waals surface area contributed by atoms with Gasteiger partial charge < -0.3 is 14.7 Å². The lowest BCUT2D eigenvalue weighted by molar-refractivity contribution is 0.208. The van der Waals surface area contributed by atoms with E-state index in [2.05, 4.69) is 65.4 Å². The van der Waals surface area contributed by atoms with Crippen molar-refractivity contribution in [2.45, 2.75) is 90.1 Å². The first-order chi connectivity index (χ1) is 18.3. The molecule has 2 aliphatic rings. The number of benzene rings is 1. The van der Waals surface area contributed by atoms with Gasteiger partial charge in [0.15, 0.2) is 0 Å². The van der Waals surface area contributed by atoms with Gasteiger partial charge in [-0.3, -0.25) is 0 Å². The number of nitrogens with zero attached hydrogens (tertiary/aromatic N) is 1. The van der Waals surface area contributed by atoms with Gasteiger partial charge in [-0.05, 0) is 67.0 Å². The minimum Gasteiger partial charge on any atom is -0.487 e. The molecule has 0 amide bonds. The van der Waals surface area contributed by atoms with Gasteiger partial charge in [-0.15, -0.1) is 0 Å². The number of aliphatic imine (C=N–C) groups is 1. The molecule has 1 aliphatic carbocycles. The molecule has 0 spiro atoms. The fourth-order valence-electron chi connectivity index (χ4n) is 5.59. The van der Waals surface area contributed by atoms with E-state index in [0.29, 0.717) is 12.5 Å². The van der Waals surface area contributed by atoms with Crippen molar-refractivity contribution in [1.29, 1.82) is 0 Å². The van der Waals surface area contributed by atoms with Gasteiger partial charge in [0, 0.05) is 23.7 Å². The van der Waals surface area contributed by atoms with Gasteiger partial charge in [0.2, 0.25) is 0 Å². The third-order valence-corrected chi connectivity index (χ3v) is 7.68. The molecule has 194 valence electrons. The molecule has 0 saturated heterocycles. The second kappa shape index (κ2) is 12.8. The van der Waals surface area contributed by atoms with Gasteiger partial charge in [0.05, 0.1) is 11.4 Å². The molecule has 1 aromatic carbocycles. The smallest absolute Gasteiger partial charge is 0.147 e. The van der Waals surface area contributed by atoms with E-state index >= 15 is 0 Å². The zero-order chi connectivity index (χ0) is 25.3. The average molecular weight is 496 g/mol. The van der Waals surface area contributed by atoms with Crippen LogP contribution in [0.25, 0.3) is 6.08 Å². The van der Waals surface area contributed by atoms with Gasteiger partial charge >= 0.3 is 0 Å². The Hall–Kier alpha value is -3.27. The maximum Gasteiger partial charge on any atom is 0.147 e. The van der Waals surface area contributed by atoms with Crippen molar-refractivity contribution in [3.8, 4) is 0 Å². The van der Waals surface area contributed by atoms with Gasteiger partial charge in [-0.1, -0.05) is 82.2 Å². The lowest BCUT2D eigenvalue weighted by atomic mass is 9.87. The normalized spacial score (nSPS) is 19.7. The summed E-state index contributed by atoms with van der Waals surface area (Å²) in [6.45, 7) is 2.83. The van der Waals surface area contributed by atoms with Crippen molar-refractivity contribution in [3.05, 3.63) is 100 Å². The highest BCUT2D eigenvalue weighted by Crippen LogP contribution is 2.35. The second-order valence-electron chi connectivity index (χ2n) is 10.6. The zero-order valence-corrected chi connectivity index (χ0v) is 22.3. The first kappa shape index (κ1) is 25.4. The number of H-pyrrole nitrogens is 2. The van der Waals surface area contributed by atoms with E-state index in [1.165, 1.54) is 81.2 Å². The van der Waals surface area contributed by atoms with Crippen LogP contribution in [-0.4, -0.2) is 15.7 Å². The van der Waals surface area contributed by atoms with Crippen LogP contribution in [0.2, 0.25) is 0 Å². The molecule has 3 heterocycles. The predicted octanol–water partition coefficient (Wildman–Crippen LogP) is 8.85. The monoisotopic (exact) mass is 495 g/mol. The number of aromatic amines is 2. The van der Waals surface area contributed by atoms with E-state index in [1.54, 1.807) is 0 Å². The number of aromatic nitrogens is 2. The van der Waals surface area contributed by atoms with Crippen LogP contribution in [0.4, 0.5) is 0 Å². The van der Waals surface area contributed by atoms with Gasteiger partial charge in [0.25, 0.3) is 0 Å². The van der Waals surface area contributed by atoms with Crippen LogP contribution < -0.4 is 0 Å². The van der Waals surface area contributed by atoms with Crippen molar-refractivity contribution in [2.24, 2.45) is 4.99 Å². The molecule has 1 unspecified atom stereocenters. The molecule has 5 rings (SSSR count). The zero-order valence-electron chi connectivity index (χ0n) is 22.3. The SMILES string of the molecule is CCCCC1CCCCCCCCc2cc1c(/C=C1\N=C(c3ccc[nH]3)C=C1OCc1ccccc1)[nH]2. The Balaban J connectivity index is 1.48. The predicted molar refractivity (Wildman–Crippen MR) is 154 cm³/mol. The fourth-order valence-corrected chi connectivity index (χ4v) is 5.59. The molecule has 2 bridgehead atoms. The lowest BCUT2D eigenvalue weighted by Gasteiger charge is -2.17. The molecule has 1 atom stereocenters. The topological polar surface area (TPSA) is 53.2 Å². The standard InChI is InChI=1S/C33H41N3O/c1-2-3-16-26-17-11-6-4-5-7-12-18-27-21-28(26)30(35-27)22-32-33(37-24-25-14-9-8-10-15-25)23-31(36-32)29-19-13-20-34-29/h8-10,13-15,19-23,26,34-35H,2-7,11-12,16-18,24H2,1H3/b32-22-. The minimum absolute atomic E-state index is 0.527. The number of hydrogen-bond acceptors (Lipinski definition) is 2. The molecule has 0 saturated carbocycles. The number of rotatable bonds is 8. The highest BCUT2D eigenvalue weighted by molar-refractivity contribution is 6.11. The molecule has 2 aromatic heterocycles. The van der Waals surface area contributed by atoms with Crippen LogP contribution in [0.3, 0.4) is 0 Å². The van der Waals surface area contributed by atoms with Crippen molar-refractivity contribution in [1.82, 2.24) is 9.97 Å². The Kier molecular flexibility index (Phi) is 8.78. The fraction of sp³-hybridized carbons (Fsp3) is 0.424. The first-order valence-corrected chi connectivity index (χ1v) is 14.3. The molecular weight excluding hydrogens is 454 g/mol. The largest absolute Gasteiger partial charge is 0.487 e. The summed E-state index contributed by atoms with van der Waals surface area (Å²) >= 11 is 0. The van der Waals surface area contributed by atoms with Crippen LogP contribution >= 0.6 is 0 Å². The van der Waals surface area contributed by atoms with Crippen LogP contribution in [-0.2, 0) is 17.8 Å². The van der Waals surface area contributed by atoms with E-state index in [4.69, 9.17) is 9.73 Å². The number of fused-ring (bicyclic) bond motifs is 2. The Morgan fingerprint density at radius 1 is 1.00 bits per heavy atom. The van der Waals surface area contributed by atoms with E-state index in [-0.39, 0.29) is 0 Å². The van der Waals surface area contributed by atoms with Crippen molar-refractivity contribution >= 4 is 11.8 Å². The van der Waals surface area contributed by atoms with Crippen LogP contribution in [0.15, 0.2) is 77.3 Å². The summed E-state index contributed by atoms with van der Waals surface area (Å²) in [6.07, 6.45) is 20.5. The number of ether oxygens (including phenoxy) is 1. The lowest BCUT2D eigenvalue weighted by Crippen LogP contribution is -2.01. The molecule has 0 radical (unpaired) electrons. The molecule has 4 nitrogen and oxygen atoms in total. The highest BCUT2D eigenvalue weighted by atomic mass is 16.5. The Bertz CT molecular complexity index is 1210. The Morgan fingerprint density at radius 2 is 1.84 bits per heavy atom. The third-order valence-electron chi connectivity index (χ3n) is 7.68. The van der Waals surface area contributed by atoms with Crippen molar-refractivity contribution in [3.63, 3.8) is 0 Å². The molecular formula is C33H41N3O. The molecule has 3 aromatic rings. The number of nitrogens with one attached hydrogen (secondary N) is 2. The Morgan fingerprint density at radius 3 is 2.65 bits per heavy atom. The summed E-state index contributed by atoms with van der Waals surface area (Å²) in [6, 6.07) is 16.9. The second-order valence-corrected chi connectivity index (χ2v) is 10.6. The van der Waals surface area contributed by atoms with E-state index < -0.39 is 0 Å². The minimum atomic E-state index is 0.527. The van der Waals surface area contributed by atoms with E-state index in [9.17, 15) is 0 Å². The number of unbranched alkanes of at least 4 members (excludes halogenated alkanes) is 1. The molecule has 37 heavy (non-hydrogen) atoms. The Labute approximate surface area is 222 Å². The molecule has 2 N–H and O–H groups in total. The van der Waals surface area contributed by atoms with Gasteiger partial charge in [-0.25, -0.2) is 4.99 Å². The number of allylic oxidation sites excluding steroid dienone is 1. The summed E-state index contributed by atoms with van der Waals surface area (Å²) < 4.78 is 6.36. The maximum absolute atomic E-state index is 6.36. The maximum atomic E-state index is 6.36. The van der Waals surface area contributed by atoms with Crippen molar-refractivity contribution in [2.75, 3.05) is 0 Å². The summed E-state index contributed by atoms with van der Waals surface area (Å²) in [5.74, 6) is 1.43. The summed E-state index contributed by atoms with van der Waals surface area (Å²) in [7, 11) is 0. The van der Waals surface area contributed by atoms with Crippen molar-refractivity contribution < 1.29 is 4.74 Å². The molecule has 1 aliphatic heterocycles. The third kappa shape index (κ3) is 6.74. The van der Waals surface area contributed by atoms with E-state index in [0.717, 1.165) is 34.8 Å². The molecule has 0 fully saturated rings. The van der Waals surface area contributed by atoms with Crippen LogP contribution in [0, 0.1) is 0 Å². The molecule has 4 heteroatoms. The van der Waals surface area contributed by atoms with Crippen LogP contribution in [0.5, 0.6) is 0 Å². The number of hydrogen-bond donors (Lipinski definition) is 2. The van der Waals surface area contributed by atoms with E-state index in [1.807, 2.05) is 18.3 Å². The summed E-state index contributed by atoms with van der Waals surface area (Å²) in [4.78, 5) is 12.1. The van der Waals surface area contributed by atoms with Gasteiger partial charge in [0.1, 0.15) is 18.1 Å². The average Bonchev–Trinajstić information content (AvgIpc) is 3.67. The number of aryl methyl sites for hydroxylation is 1. The first-order valence-electron chi connectivity index (χ1n) is 14.3. The van der Waals surface area contributed by atoms with Gasteiger partial charge in [-0.2, -0.15) is 0 Å². The summed E-state index contributed by atoms with van der Waals surface area (Å²) in [5, 5.41) is 0. The summed E-state index contributed by atoms with van der Waals surface area (Å²) in [5.41, 5.74) is 8.04. The highest BCUT2D eigenvalue weighted by Gasteiger charge is 2.22. The quantitative estimate of drug-likeness (QED) is 0.322. The van der Waals surface area contributed by atoms with Crippen LogP contribution in [0.1, 0.15) is 105 Å².